The molecule has 6 aliphatic rings. The van der Waals surface area contributed by atoms with E-state index in [1.54, 1.807) is 57.2 Å². The first kappa shape index (κ1) is 80.1. The van der Waals surface area contributed by atoms with Gasteiger partial charge >= 0.3 is 0 Å². The molecule has 110 heavy (non-hydrogen) atoms. The number of aromatic hydroxyl groups is 3. The fraction of sp³-hybridized carbons (Fsp3) is 0.494. The summed E-state index contributed by atoms with van der Waals surface area (Å²) in [4.78, 5) is 77.2. The molecule has 6 saturated heterocycles. The number of aryl methyl sites for hydroxylation is 5. The molecule has 0 aliphatic carbocycles. The van der Waals surface area contributed by atoms with Crippen molar-refractivity contribution >= 4 is 5.91 Å². The molecule has 25 nitrogen and oxygen atoms in total. The van der Waals surface area contributed by atoms with E-state index in [9.17, 15) is 20.1 Å². The van der Waals surface area contributed by atoms with E-state index in [2.05, 4.69) is 148 Å². The van der Waals surface area contributed by atoms with Crippen LogP contribution in [0, 0.1) is 47.5 Å². The van der Waals surface area contributed by atoms with Crippen LogP contribution in [0.25, 0.3) is 56.9 Å². The number of phenolic OH excluding ortho intramolecular Hbond substituents is 1. The lowest BCUT2D eigenvalue weighted by Gasteiger charge is -2.41. The van der Waals surface area contributed by atoms with Crippen molar-refractivity contribution in [3.63, 3.8) is 0 Å². The number of carbonyl (C=O) groups excluding carboxylic acids is 1. The van der Waals surface area contributed by atoms with Gasteiger partial charge in [-0.05, 0) is 178 Å². The second-order valence-electron chi connectivity index (χ2n) is 30.5. The summed E-state index contributed by atoms with van der Waals surface area (Å²) in [6.45, 7) is 33.3. The zero-order valence-electron chi connectivity index (χ0n) is 65.9. The summed E-state index contributed by atoms with van der Waals surface area (Å²) in [6, 6.07) is 10.7. The van der Waals surface area contributed by atoms with Crippen molar-refractivity contribution in [2.24, 2.45) is 5.92 Å². The summed E-state index contributed by atoms with van der Waals surface area (Å²) in [7, 11) is 0. The van der Waals surface area contributed by atoms with Crippen molar-refractivity contribution in [1.29, 1.82) is 0 Å². The molecule has 8 aromatic heterocycles. The first-order chi connectivity index (χ1) is 53.5. The predicted molar refractivity (Wildman–Crippen MR) is 430 cm³/mol. The predicted octanol–water partition coefficient (Wildman–Crippen LogP) is 13.6. The number of pyridine rings is 3. The first-order valence-electron chi connectivity index (χ1n) is 39.9. The molecule has 1 amide bonds. The number of aromatic nitrogens is 13. The maximum atomic E-state index is 12.5. The summed E-state index contributed by atoms with van der Waals surface area (Å²) in [5.41, 5.74) is 16.2. The SMILES string of the molecule is Cc1ccc(CN2CCCCCC2)c(-c2ncc[nH]2)c1O.Cc1cccc(CN2CCCCCC2)c1-c1ncc[nH]1.Cc1ncc(CN2CC(C(=O)N3CCOCC3)C2)c(-c2ncc[nH]2)c1O.Cc1ncc(CN2CC(OC(C)C)C2)c(-c2ncc[nH]2)c1O.Cc1ncc(CN2CCCCCC2)c(-c2ncc[nH]2)c1C. The number of ether oxygens (including phenoxy) is 2. The molecule has 0 atom stereocenters. The molecule has 8 N–H and O–H groups in total. The molecule has 6 aliphatic heterocycles. The van der Waals surface area contributed by atoms with Crippen LogP contribution in [0.15, 0.2) is 111 Å². The van der Waals surface area contributed by atoms with Gasteiger partial charge in [-0.2, -0.15) is 0 Å². The molecule has 2 aromatic carbocycles. The molecule has 0 radical (unpaired) electrons. The molecule has 0 unspecified atom stereocenters. The number of H-pyrrole nitrogens is 5. The zero-order chi connectivity index (χ0) is 76.9. The topological polar surface area (TPSA) is 298 Å². The van der Waals surface area contributed by atoms with E-state index in [1.807, 2.05) is 55.1 Å². The number of phenols is 1. The quantitative estimate of drug-likeness (QED) is 0.0396. The van der Waals surface area contributed by atoms with E-state index < -0.39 is 0 Å². The number of hydrogen-bond donors (Lipinski definition) is 8. The van der Waals surface area contributed by atoms with Gasteiger partial charge in [0, 0.05) is 169 Å². The fourth-order valence-corrected chi connectivity index (χ4v) is 15.7. The monoisotopic (exact) mass is 1500 g/mol. The molecule has 0 bridgehead atoms. The van der Waals surface area contributed by atoms with Gasteiger partial charge in [-0.1, -0.05) is 68.9 Å². The molecule has 0 saturated carbocycles. The molecular formula is C85H115N19O6. The summed E-state index contributed by atoms with van der Waals surface area (Å²) in [5, 5.41) is 31.3. The van der Waals surface area contributed by atoms with E-state index >= 15 is 0 Å². The van der Waals surface area contributed by atoms with Crippen LogP contribution in [-0.2, 0) is 47.0 Å². The maximum Gasteiger partial charge on any atom is 0.228 e. The van der Waals surface area contributed by atoms with Gasteiger partial charge in [-0.3, -0.25) is 44.2 Å². The van der Waals surface area contributed by atoms with Gasteiger partial charge < -0.3 is 54.6 Å². The van der Waals surface area contributed by atoms with Crippen LogP contribution in [-0.4, -0.2) is 219 Å². The van der Waals surface area contributed by atoms with E-state index in [1.165, 1.54) is 137 Å². The highest BCUT2D eigenvalue weighted by Gasteiger charge is 2.37. The van der Waals surface area contributed by atoms with Crippen molar-refractivity contribution in [3.05, 3.63) is 172 Å². The smallest absolute Gasteiger partial charge is 0.228 e. The number of hydrogen-bond acceptors (Lipinski definition) is 19. The van der Waals surface area contributed by atoms with Crippen LogP contribution in [0.1, 0.15) is 152 Å². The van der Waals surface area contributed by atoms with Crippen molar-refractivity contribution in [1.82, 2.24) is 94.2 Å². The normalized spacial score (nSPS) is 17.2. The minimum absolute atomic E-state index is 0.0483. The molecule has 10 aromatic rings. The molecule has 14 heterocycles. The second kappa shape index (κ2) is 39.4. The van der Waals surface area contributed by atoms with Gasteiger partial charge in [0.25, 0.3) is 0 Å². The van der Waals surface area contributed by atoms with Gasteiger partial charge in [0.2, 0.25) is 5.91 Å². The number of benzene rings is 2. The van der Waals surface area contributed by atoms with E-state index in [0.717, 1.165) is 122 Å². The highest BCUT2D eigenvalue weighted by molar-refractivity contribution is 5.80. The number of likely N-dealkylation sites (tertiary alicyclic amines) is 5. The third kappa shape index (κ3) is 21.1. The minimum atomic E-state index is 0.0483. The Morgan fingerprint density at radius 3 is 1.22 bits per heavy atom. The number of morpholine rings is 1. The van der Waals surface area contributed by atoms with Crippen molar-refractivity contribution < 1.29 is 29.6 Å². The number of nitrogens with zero attached hydrogens (tertiary/aromatic N) is 14. The third-order valence-corrected chi connectivity index (χ3v) is 21.9. The largest absolute Gasteiger partial charge is 0.507 e. The summed E-state index contributed by atoms with van der Waals surface area (Å²) < 4.78 is 11.1. The lowest BCUT2D eigenvalue weighted by atomic mass is 9.96. The molecule has 16 rings (SSSR count). The Labute approximate surface area is 648 Å². The Kier molecular flexibility index (Phi) is 28.7. The van der Waals surface area contributed by atoms with Crippen molar-refractivity contribution in [3.8, 4) is 74.2 Å². The molecular weight excluding hydrogens is 1380 g/mol. The van der Waals surface area contributed by atoms with Gasteiger partial charge in [0.15, 0.2) is 0 Å². The van der Waals surface area contributed by atoms with Crippen LogP contribution in [0.4, 0.5) is 0 Å². The fourth-order valence-electron chi connectivity index (χ4n) is 15.7. The Morgan fingerprint density at radius 2 is 0.791 bits per heavy atom. The van der Waals surface area contributed by atoms with E-state index in [-0.39, 0.29) is 29.4 Å². The Bertz CT molecular complexity index is 4320. The molecule has 25 heteroatoms. The van der Waals surface area contributed by atoms with E-state index in [0.29, 0.717) is 73.3 Å². The molecule has 0 spiro atoms. The van der Waals surface area contributed by atoms with Gasteiger partial charge in [0.1, 0.15) is 46.4 Å². The van der Waals surface area contributed by atoms with E-state index in [4.69, 9.17) is 9.47 Å². The number of carbonyl (C=O) groups is 1. The number of amides is 1. The second-order valence-corrected chi connectivity index (χ2v) is 30.5. The van der Waals surface area contributed by atoms with Crippen molar-refractivity contribution in [2.45, 2.75) is 177 Å². The molecule has 586 valence electrons. The Hall–Kier alpha value is -9.47. The lowest BCUT2D eigenvalue weighted by molar-refractivity contribution is -0.145. The summed E-state index contributed by atoms with van der Waals surface area (Å²) >= 11 is 0. The van der Waals surface area contributed by atoms with Crippen molar-refractivity contribution in [2.75, 3.05) is 91.8 Å². The summed E-state index contributed by atoms with van der Waals surface area (Å²) in [5.74, 6) is 4.97. The van der Waals surface area contributed by atoms with Gasteiger partial charge in [-0.25, -0.2) is 24.9 Å². The number of nitrogens with one attached hydrogen (secondary N) is 5. The lowest BCUT2D eigenvalue weighted by Crippen LogP contribution is -2.55. The highest BCUT2D eigenvalue weighted by atomic mass is 16.5. The molecule has 6 fully saturated rings. The minimum Gasteiger partial charge on any atom is -0.507 e. The Morgan fingerprint density at radius 1 is 0.418 bits per heavy atom. The van der Waals surface area contributed by atoms with Crippen LogP contribution >= 0.6 is 0 Å². The standard InChI is InChI=1S/C18H23N5O3.C17H24N4.C17H23N3O.C17H23N3.C16H22N4O2/c1-12-16(24)15(17-19-2-3-20-17)13(8-21-12)9-22-10-14(11-22)18(25)23-4-6-26-7-5-23;1-13-14(2)20-11-15(16(13)17-18-7-8-19-17)12-21-9-5-3-4-6-10-21;1-13-6-7-14(12-20-10-4-2-3-5-11-20)15(16(13)21)17-18-8-9-19-17;1-14-7-6-8-15(16(14)17-18-9-10-19-17)13-20-11-4-2-3-5-12-20;1-10(2)22-13-8-20(9-13)7-12-6-19-11(3)15(21)14(12)16-17-4-5-18-16/h2-3,8,14,24H,4-7,9-11H2,1H3,(H,19,20);7-8,11H,3-6,9-10,12H2,1-2H3,(H,18,19);6-9,21H,2-5,10-12H2,1H3,(H,18,19);6-10H,2-5,11-13H2,1H3,(H,18,19);4-6,10,13,21H,7-9H2,1-3H3,(H,17,18). The number of rotatable bonds is 18. The average molecular weight is 1500 g/mol. The van der Waals surface area contributed by atoms with Crippen LogP contribution in [0.5, 0.6) is 17.2 Å². The average Bonchev–Trinajstić information content (AvgIpc) is 1.39. The van der Waals surface area contributed by atoms with Gasteiger partial charge in [-0.15, -0.1) is 0 Å². The third-order valence-electron chi connectivity index (χ3n) is 21.9. The highest BCUT2D eigenvalue weighted by Crippen LogP contribution is 2.38. The van der Waals surface area contributed by atoms with Gasteiger partial charge in [0.05, 0.1) is 59.4 Å². The maximum absolute atomic E-state index is 12.5. The van der Waals surface area contributed by atoms with Crippen LogP contribution in [0.3, 0.4) is 0 Å². The zero-order valence-corrected chi connectivity index (χ0v) is 65.9. The number of imidazole rings is 5. The summed E-state index contributed by atoms with van der Waals surface area (Å²) in [6.07, 6.45) is 40.0. The van der Waals surface area contributed by atoms with Crippen LogP contribution < -0.4 is 0 Å². The number of aromatic amines is 5. The first-order valence-corrected chi connectivity index (χ1v) is 39.9. The Balaban J connectivity index is 0.000000128. The van der Waals surface area contributed by atoms with Crippen LogP contribution in [0.2, 0.25) is 0 Å².